The Morgan fingerprint density at radius 2 is 1.95 bits per heavy atom. The number of nitrogens with zero attached hydrogens (tertiary/aromatic N) is 1. The predicted molar refractivity (Wildman–Crippen MR) is 92.1 cm³/mol. The van der Waals surface area contributed by atoms with E-state index >= 15 is 0 Å². The van der Waals surface area contributed by atoms with Crippen LogP contribution in [0.4, 0.5) is 5.69 Å². The summed E-state index contributed by atoms with van der Waals surface area (Å²) >= 11 is 0. The Labute approximate surface area is 130 Å². The minimum Gasteiger partial charge on any atom is -0.394 e. The van der Waals surface area contributed by atoms with Gasteiger partial charge in [0.25, 0.3) is 0 Å². The Morgan fingerprint density at radius 1 is 1.29 bits per heavy atom. The number of benzene rings is 1. The molecule has 0 aliphatic heterocycles. The van der Waals surface area contributed by atoms with Gasteiger partial charge in [0.15, 0.2) is 0 Å². The summed E-state index contributed by atoms with van der Waals surface area (Å²) in [4.78, 5) is 2.43. The number of aliphatic hydroxyl groups is 1. The molecule has 0 aliphatic carbocycles. The number of anilines is 1. The molecule has 120 valence electrons. The number of para-hydroxylation sites is 1. The third-order valence-corrected chi connectivity index (χ3v) is 4.19. The highest BCUT2D eigenvalue weighted by molar-refractivity contribution is 5.53. The van der Waals surface area contributed by atoms with Crippen molar-refractivity contribution in [3.63, 3.8) is 0 Å². The van der Waals surface area contributed by atoms with E-state index in [1.807, 2.05) is 0 Å². The number of nitrogens with one attached hydrogen (secondary N) is 1. The van der Waals surface area contributed by atoms with Gasteiger partial charge in [0.2, 0.25) is 0 Å². The summed E-state index contributed by atoms with van der Waals surface area (Å²) in [5.74, 6) is 0. The number of rotatable bonds is 9. The van der Waals surface area contributed by atoms with Crippen molar-refractivity contribution in [3.8, 4) is 0 Å². The van der Waals surface area contributed by atoms with Crippen molar-refractivity contribution in [1.29, 1.82) is 0 Å². The molecule has 0 amide bonds. The molecule has 21 heavy (non-hydrogen) atoms. The van der Waals surface area contributed by atoms with Crippen molar-refractivity contribution >= 4 is 5.69 Å². The average molecular weight is 292 g/mol. The van der Waals surface area contributed by atoms with Crippen molar-refractivity contribution in [3.05, 3.63) is 29.8 Å². The highest BCUT2D eigenvalue weighted by Crippen LogP contribution is 2.25. The fourth-order valence-corrected chi connectivity index (χ4v) is 2.99. The molecule has 1 rings (SSSR count). The SMILES string of the molecule is CCCNC(C)(CO)CC(C)N(CC)c1ccccc1C. The normalized spacial score (nSPS) is 15.5. The number of hydrogen-bond donors (Lipinski definition) is 2. The quantitative estimate of drug-likeness (QED) is 0.732. The summed E-state index contributed by atoms with van der Waals surface area (Å²) in [6.07, 6.45) is 2.00. The van der Waals surface area contributed by atoms with Gasteiger partial charge in [-0.2, -0.15) is 0 Å². The lowest BCUT2D eigenvalue weighted by atomic mass is 9.93. The second kappa shape index (κ2) is 8.40. The first-order valence-electron chi connectivity index (χ1n) is 8.15. The van der Waals surface area contributed by atoms with E-state index in [4.69, 9.17) is 0 Å². The lowest BCUT2D eigenvalue weighted by Crippen LogP contribution is -2.51. The lowest BCUT2D eigenvalue weighted by Gasteiger charge is -2.38. The first-order chi connectivity index (χ1) is 9.97. The van der Waals surface area contributed by atoms with Crippen molar-refractivity contribution in [2.45, 2.75) is 59.0 Å². The first kappa shape index (κ1) is 18.0. The number of aryl methyl sites for hydroxylation is 1. The molecule has 0 heterocycles. The van der Waals surface area contributed by atoms with Crippen LogP contribution in [0.1, 0.15) is 46.1 Å². The van der Waals surface area contributed by atoms with Gasteiger partial charge in [0.05, 0.1) is 6.61 Å². The monoisotopic (exact) mass is 292 g/mol. The van der Waals surface area contributed by atoms with E-state index in [0.29, 0.717) is 6.04 Å². The molecule has 2 unspecified atom stereocenters. The van der Waals surface area contributed by atoms with Crippen LogP contribution >= 0.6 is 0 Å². The van der Waals surface area contributed by atoms with Gasteiger partial charge in [-0.05, 0) is 58.7 Å². The minimum absolute atomic E-state index is 0.169. The van der Waals surface area contributed by atoms with Gasteiger partial charge in [-0.3, -0.25) is 0 Å². The summed E-state index contributed by atoms with van der Waals surface area (Å²) in [6.45, 7) is 13.0. The molecule has 3 heteroatoms. The van der Waals surface area contributed by atoms with Crippen LogP contribution < -0.4 is 10.2 Å². The van der Waals surface area contributed by atoms with E-state index in [2.05, 4.69) is 69.1 Å². The zero-order valence-corrected chi connectivity index (χ0v) is 14.3. The second-order valence-electron chi connectivity index (χ2n) is 6.27. The van der Waals surface area contributed by atoms with Crippen LogP contribution in [-0.4, -0.2) is 36.4 Å². The van der Waals surface area contributed by atoms with Crippen LogP contribution in [0.5, 0.6) is 0 Å². The lowest BCUT2D eigenvalue weighted by molar-refractivity contribution is 0.159. The largest absolute Gasteiger partial charge is 0.394 e. The highest BCUT2D eigenvalue weighted by Gasteiger charge is 2.27. The van der Waals surface area contributed by atoms with Gasteiger partial charge < -0.3 is 15.3 Å². The summed E-state index contributed by atoms with van der Waals surface area (Å²) in [6, 6.07) is 8.89. The zero-order chi connectivity index (χ0) is 15.9. The summed E-state index contributed by atoms with van der Waals surface area (Å²) < 4.78 is 0. The predicted octanol–water partition coefficient (Wildman–Crippen LogP) is 3.35. The van der Waals surface area contributed by atoms with Crippen molar-refractivity contribution in [1.82, 2.24) is 5.32 Å². The molecular weight excluding hydrogens is 260 g/mol. The van der Waals surface area contributed by atoms with E-state index in [9.17, 15) is 5.11 Å². The van der Waals surface area contributed by atoms with Gasteiger partial charge in [0.1, 0.15) is 0 Å². The van der Waals surface area contributed by atoms with Crippen LogP contribution in [0.25, 0.3) is 0 Å². The minimum atomic E-state index is -0.217. The van der Waals surface area contributed by atoms with Crippen LogP contribution in [-0.2, 0) is 0 Å². The molecule has 0 fully saturated rings. The number of aliphatic hydroxyl groups excluding tert-OH is 1. The first-order valence-corrected chi connectivity index (χ1v) is 8.15. The Hall–Kier alpha value is -1.06. The molecule has 3 nitrogen and oxygen atoms in total. The smallest absolute Gasteiger partial charge is 0.0611 e. The second-order valence-corrected chi connectivity index (χ2v) is 6.27. The molecule has 0 aliphatic rings. The van der Waals surface area contributed by atoms with Gasteiger partial charge in [-0.25, -0.2) is 0 Å². The summed E-state index contributed by atoms with van der Waals surface area (Å²) in [7, 11) is 0. The maximum absolute atomic E-state index is 9.76. The van der Waals surface area contributed by atoms with Gasteiger partial charge >= 0.3 is 0 Å². The Kier molecular flexibility index (Phi) is 7.20. The Bertz CT molecular complexity index is 421. The van der Waals surface area contributed by atoms with Crippen molar-refractivity contribution in [2.75, 3.05) is 24.6 Å². The van der Waals surface area contributed by atoms with Crippen molar-refractivity contribution < 1.29 is 5.11 Å². The van der Waals surface area contributed by atoms with Crippen LogP contribution in [0.15, 0.2) is 24.3 Å². The Balaban J connectivity index is 2.84. The summed E-state index contributed by atoms with van der Waals surface area (Å²) in [5.41, 5.74) is 2.38. The maximum Gasteiger partial charge on any atom is 0.0611 e. The van der Waals surface area contributed by atoms with Gasteiger partial charge in [-0.15, -0.1) is 0 Å². The molecule has 2 atom stereocenters. The van der Waals surface area contributed by atoms with E-state index in [0.717, 1.165) is 25.9 Å². The maximum atomic E-state index is 9.76. The van der Waals surface area contributed by atoms with E-state index in [-0.39, 0.29) is 12.1 Å². The molecule has 0 spiro atoms. The van der Waals surface area contributed by atoms with Crippen LogP contribution in [0.3, 0.4) is 0 Å². The molecule has 0 radical (unpaired) electrons. The van der Waals surface area contributed by atoms with E-state index < -0.39 is 0 Å². The molecule has 0 aromatic heterocycles. The molecule has 0 saturated carbocycles. The standard InChI is InChI=1S/C18H32N2O/c1-6-12-19-18(5,14-21)13-16(4)20(7-2)17-11-9-8-10-15(17)3/h8-11,16,19,21H,6-7,12-14H2,1-5H3. The van der Waals surface area contributed by atoms with Crippen LogP contribution in [0.2, 0.25) is 0 Å². The fraction of sp³-hybridized carbons (Fsp3) is 0.667. The van der Waals surface area contributed by atoms with Gasteiger partial charge in [0, 0.05) is 23.8 Å². The highest BCUT2D eigenvalue weighted by atomic mass is 16.3. The third kappa shape index (κ3) is 5.01. The third-order valence-electron chi connectivity index (χ3n) is 4.19. The zero-order valence-electron chi connectivity index (χ0n) is 14.3. The van der Waals surface area contributed by atoms with Crippen molar-refractivity contribution in [2.24, 2.45) is 0 Å². The fourth-order valence-electron chi connectivity index (χ4n) is 2.99. The van der Waals surface area contributed by atoms with Crippen LogP contribution in [0, 0.1) is 6.92 Å². The topological polar surface area (TPSA) is 35.5 Å². The molecular formula is C18H32N2O. The molecule has 1 aromatic carbocycles. The number of hydrogen-bond acceptors (Lipinski definition) is 3. The Morgan fingerprint density at radius 3 is 2.48 bits per heavy atom. The molecule has 2 N–H and O–H groups in total. The van der Waals surface area contributed by atoms with Gasteiger partial charge in [-0.1, -0.05) is 25.1 Å². The molecule has 1 aromatic rings. The molecule has 0 bridgehead atoms. The van der Waals surface area contributed by atoms with E-state index in [1.165, 1.54) is 11.3 Å². The molecule has 0 saturated heterocycles. The summed E-state index contributed by atoms with van der Waals surface area (Å²) in [5, 5.41) is 13.3. The average Bonchev–Trinajstić information content (AvgIpc) is 2.48. The van der Waals surface area contributed by atoms with E-state index in [1.54, 1.807) is 0 Å².